The SMILES string of the molecule is COc1cc(C(=O)NN)cc(Cl)n1. The molecule has 70 valence electrons. The van der Waals surface area contributed by atoms with Crippen LogP contribution in [0.15, 0.2) is 12.1 Å². The van der Waals surface area contributed by atoms with Crippen molar-refractivity contribution < 1.29 is 9.53 Å². The second-order valence-electron chi connectivity index (χ2n) is 2.19. The molecule has 0 aliphatic carbocycles. The van der Waals surface area contributed by atoms with Crippen LogP contribution >= 0.6 is 11.6 Å². The number of nitrogens with zero attached hydrogens (tertiary/aromatic N) is 1. The predicted molar refractivity (Wildman–Crippen MR) is 47.5 cm³/mol. The van der Waals surface area contributed by atoms with Crippen LogP contribution in [-0.4, -0.2) is 18.0 Å². The first-order chi connectivity index (χ1) is 6.17. The summed E-state index contributed by atoms with van der Waals surface area (Å²) in [6.45, 7) is 0. The van der Waals surface area contributed by atoms with E-state index in [1.54, 1.807) is 0 Å². The molecule has 1 aromatic heterocycles. The van der Waals surface area contributed by atoms with Crippen LogP contribution in [0.1, 0.15) is 10.4 Å². The second-order valence-corrected chi connectivity index (χ2v) is 2.58. The molecular formula is C7H8ClN3O2. The Morgan fingerprint density at radius 1 is 1.69 bits per heavy atom. The van der Waals surface area contributed by atoms with E-state index in [1.807, 2.05) is 5.43 Å². The molecule has 0 bridgehead atoms. The number of hydrazine groups is 1. The Labute approximate surface area is 79.8 Å². The van der Waals surface area contributed by atoms with E-state index in [0.717, 1.165) is 0 Å². The quantitative estimate of drug-likeness (QED) is 0.313. The number of aromatic nitrogens is 1. The number of carbonyl (C=O) groups is 1. The average molecular weight is 202 g/mol. The highest BCUT2D eigenvalue weighted by Crippen LogP contribution is 2.15. The Morgan fingerprint density at radius 2 is 2.38 bits per heavy atom. The molecule has 5 nitrogen and oxygen atoms in total. The van der Waals surface area contributed by atoms with Crippen molar-refractivity contribution in [1.29, 1.82) is 0 Å². The first-order valence-electron chi connectivity index (χ1n) is 3.40. The lowest BCUT2D eigenvalue weighted by molar-refractivity contribution is 0.0953. The number of carbonyl (C=O) groups excluding carboxylic acids is 1. The van der Waals surface area contributed by atoms with E-state index in [1.165, 1.54) is 19.2 Å². The molecule has 6 heteroatoms. The number of halogens is 1. The van der Waals surface area contributed by atoms with Gasteiger partial charge in [0.2, 0.25) is 5.88 Å². The summed E-state index contributed by atoms with van der Waals surface area (Å²) in [6.07, 6.45) is 0. The standard InChI is InChI=1S/C7H8ClN3O2/c1-13-6-3-4(7(12)11-9)2-5(8)10-6/h2-3H,9H2,1H3,(H,11,12). The number of hydrogen-bond donors (Lipinski definition) is 2. The lowest BCUT2D eigenvalue weighted by Crippen LogP contribution is -2.30. The van der Waals surface area contributed by atoms with Crippen molar-refractivity contribution in [3.05, 3.63) is 22.8 Å². The van der Waals surface area contributed by atoms with Gasteiger partial charge in [0.1, 0.15) is 5.15 Å². The van der Waals surface area contributed by atoms with E-state index >= 15 is 0 Å². The summed E-state index contributed by atoms with van der Waals surface area (Å²) in [5, 5.41) is 0.179. The molecule has 0 aliphatic rings. The van der Waals surface area contributed by atoms with Crippen molar-refractivity contribution in [3.63, 3.8) is 0 Å². The van der Waals surface area contributed by atoms with E-state index < -0.39 is 5.91 Å². The third-order valence-corrected chi connectivity index (χ3v) is 1.57. The van der Waals surface area contributed by atoms with Crippen LogP contribution in [0.25, 0.3) is 0 Å². The number of hydrogen-bond acceptors (Lipinski definition) is 4. The Morgan fingerprint density at radius 3 is 2.92 bits per heavy atom. The normalized spacial score (nSPS) is 9.46. The summed E-state index contributed by atoms with van der Waals surface area (Å²) in [5.41, 5.74) is 2.28. The van der Waals surface area contributed by atoms with Gasteiger partial charge in [0.25, 0.3) is 5.91 Å². The summed E-state index contributed by atoms with van der Waals surface area (Å²) >= 11 is 5.62. The highest BCUT2D eigenvalue weighted by Gasteiger charge is 2.07. The van der Waals surface area contributed by atoms with Crippen LogP contribution in [0.5, 0.6) is 5.88 Å². The average Bonchev–Trinajstić information content (AvgIpc) is 2.15. The van der Waals surface area contributed by atoms with Gasteiger partial charge in [-0.3, -0.25) is 10.2 Å². The van der Waals surface area contributed by atoms with Crippen molar-refractivity contribution in [2.75, 3.05) is 7.11 Å². The van der Waals surface area contributed by atoms with Gasteiger partial charge >= 0.3 is 0 Å². The highest BCUT2D eigenvalue weighted by atomic mass is 35.5. The fourth-order valence-electron chi connectivity index (χ4n) is 0.792. The Bertz CT molecular complexity index is 330. The lowest BCUT2D eigenvalue weighted by Gasteiger charge is -2.02. The number of rotatable bonds is 2. The van der Waals surface area contributed by atoms with Gasteiger partial charge in [-0.2, -0.15) is 0 Å². The third-order valence-electron chi connectivity index (χ3n) is 1.37. The molecule has 1 amide bonds. The fraction of sp³-hybridized carbons (Fsp3) is 0.143. The largest absolute Gasteiger partial charge is 0.481 e. The van der Waals surface area contributed by atoms with Gasteiger partial charge in [0.05, 0.1) is 7.11 Å². The zero-order chi connectivity index (χ0) is 9.84. The van der Waals surface area contributed by atoms with Crippen molar-refractivity contribution in [3.8, 4) is 5.88 Å². The molecule has 0 spiro atoms. The van der Waals surface area contributed by atoms with Crippen molar-refractivity contribution in [2.45, 2.75) is 0 Å². The number of pyridine rings is 1. The minimum absolute atomic E-state index is 0.179. The van der Waals surface area contributed by atoms with Crippen LogP contribution in [0, 0.1) is 0 Å². The number of amides is 1. The molecule has 1 heterocycles. The van der Waals surface area contributed by atoms with Gasteiger partial charge in [-0.1, -0.05) is 11.6 Å². The minimum atomic E-state index is -0.442. The van der Waals surface area contributed by atoms with E-state index in [9.17, 15) is 4.79 Å². The van der Waals surface area contributed by atoms with E-state index in [0.29, 0.717) is 5.56 Å². The van der Waals surface area contributed by atoms with Crippen LogP contribution in [0.3, 0.4) is 0 Å². The zero-order valence-corrected chi connectivity index (χ0v) is 7.63. The van der Waals surface area contributed by atoms with Gasteiger partial charge < -0.3 is 4.74 Å². The monoisotopic (exact) mass is 201 g/mol. The molecule has 13 heavy (non-hydrogen) atoms. The van der Waals surface area contributed by atoms with Crippen LogP contribution in [0.4, 0.5) is 0 Å². The summed E-state index contributed by atoms with van der Waals surface area (Å²) in [6, 6.07) is 2.83. The molecule has 0 radical (unpaired) electrons. The first kappa shape index (κ1) is 9.76. The van der Waals surface area contributed by atoms with E-state index in [2.05, 4.69) is 4.98 Å². The molecule has 0 saturated heterocycles. The maximum absolute atomic E-state index is 11.1. The minimum Gasteiger partial charge on any atom is -0.481 e. The van der Waals surface area contributed by atoms with E-state index in [4.69, 9.17) is 22.2 Å². The third kappa shape index (κ3) is 2.30. The fourth-order valence-corrected chi connectivity index (χ4v) is 0.993. The van der Waals surface area contributed by atoms with Gasteiger partial charge in [0, 0.05) is 11.6 Å². The van der Waals surface area contributed by atoms with Gasteiger partial charge in [0.15, 0.2) is 0 Å². The molecule has 0 atom stereocenters. The molecule has 0 unspecified atom stereocenters. The number of nitrogen functional groups attached to an aromatic ring is 1. The molecule has 0 aromatic carbocycles. The maximum Gasteiger partial charge on any atom is 0.265 e. The van der Waals surface area contributed by atoms with Crippen molar-refractivity contribution >= 4 is 17.5 Å². The Balaban J connectivity index is 3.08. The number of ether oxygens (including phenoxy) is 1. The first-order valence-corrected chi connectivity index (χ1v) is 3.77. The number of methoxy groups -OCH3 is 1. The second kappa shape index (κ2) is 4.06. The van der Waals surface area contributed by atoms with Gasteiger partial charge in [-0.25, -0.2) is 10.8 Å². The molecule has 1 aromatic rings. The topological polar surface area (TPSA) is 77.2 Å². The zero-order valence-electron chi connectivity index (χ0n) is 6.87. The molecule has 3 N–H and O–H groups in total. The molecule has 0 fully saturated rings. The molecule has 0 saturated carbocycles. The van der Waals surface area contributed by atoms with E-state index in [-0.39, 0.29) is 11.0 Å². The number of nitrogens with two attached hydrogens (primary N) is 1. The Kier molecular flexibility index (Phi) is 3.05. The van der Waals surface area contributed by atoms with Gasteiger partial charge in [-0.05, 0) is 6.07 Å². The summed E-state index contributed by atoms with van der Waals surface area (Å²) < 4.78 is 4.81. The summed E-state index contributed by atoms with van der Waals surface area (Å²) in [5.74, 6) is 4.77. The molecule has 0 aliphatic heterocycles. The smallest absolute Gasteiger partial charge is 0.265 e. The van der Waals surface area contributed by atoms with Crippen LogP contribution < -0.4 is 16.0 Å². The molecule has 1 rings (SSSR count). The maximum atomic E-state index is 11.1. The van der Waals surface area contributed by atoms with Crippen LogP contribution in [0.2, 0.25) is 5.15 Å². The summed E-state index contributed by atoms with van der Waals surface area (Å²) in [4.78, 5) is 14.8. The Hall–Kier alpha value is -1.33. The van der Waals surface area contributed by atoms with Gasteiger partial charge in [-0.15, -0.1) is 0 Å². The molecular weight excluding hydrogens is 194 g/mol. The van der Waals surface area contributed by atoms with Crippen LogP contribution in [-0.2, 0) is 0 Å². The van der Waals surface area contributed by atoms with Crippen molar-refractivity contribution in [1.82, 2.24) is 10.4 Å². The van der Waals surface area contributed by atoms with Crippen molar-refractivity contribution in [2.24, 2.45) is 5.84 Å². The summed E-state index contributed by atoms with van der Waals surface area (Å²) in [7, 11) is 1.43. The highest BCUT2D eigenvalue weighted by molar-refractivity contribution is 6.29. The lowest BCUT2D eigenvalue weighted by atomic mass is 10.2. The predicted octanol–water partition coefficient (Wildman–Crippen LogP) is 0.347. The number of nitrogens with one attached hydrogen (secondary N) is 1.